The van der Waals surface area contributed by atoms with E-state index in [1.807, 2.05) is 0 Å². The SMILES string of the molecule is Cc1cc(NC(=O)CN2CCC[C@H]2c2cccs2)no1. The van der Waals surface area contributed by atoms with Crippen LogP contribution in [0.3, 0.4) is 0 Å². The standard InChI is InChI=1S/C14H17N3O2S/c1-10-8-13(16-19-10)15-14(18)9-17-6-2-4-11(17)12-5-3-7-20-12/h3,5,7-8,11H,2,4,6,9H2,1H3,(H,15,16,18)/t11-/m0/s1. The molecule has 1 amide bonds. The van der Waals surface area contributed by atoms with E-state index in [0.717, 1.165) is 19.4 Å². The molecule has 1 atom stereocenters. The maximum atomic E-state index is 12.1. The third-order valence-corrected chi connectivity index (χ3v) is 4.45. The van der Waals surface area contributed by atoms with E-state index in [0.29, 0.717) is 24.2 Å². The number of hydrogen-bond donors (Lipinski definition) is 1. The molecule has 2 aromatic heterocycles. The minimum absolute atomic E-state index is 0.0400. The fourth-order valence-electron chi connectivity index (χ4n) is 2.61. The lowest BCUT2D eigenvalue weighted by Gasteiger charge is -2.22. The highest BCUT2D eigenvalue weighted by Gasteiger charge is 2.28. The molecule has 0 saturated carbocycles. The Labute approximate surface area is 121 Å². The molecule has 0 aromatic carbocycles. The summed E-state index contributed by atoms with van der Waals surface area (Å²) in [7, 11) is 0. The summed E-state index contributed by atoms with van der Waals surface area (Å²) in [4.78, 5) is 15.6. The van der Waals surface area contributed by atoms with Crippen molar-refractivity contribution in [2.75, 3.05) is 18.4 Å². The van der Waals surface area contributed by atoms with Crippen molar-refractivity contribution in [3.8, 4) is 0 Å². The number of anilines is 1. The van der Waals surface area contributed by atoms with E-state index in [1.165, 1.54) is 4.88 Å². The van der Waals surface area contributed by atoms with Gasteiger partial charge in [0.2, 0.25) is 5.91 Å². The predicted octanol–water partition coefficient (Wildman–Crippen LogP) is 2.82. The zero-order valence-electron chi connectivity index (χ0n) is 11.3. The molecule has 0 unspecified atom stereocenters. The lowest BCUT2D eigenvalue weighted by atomic mass is 10.2. The molecule has 3 heterocycles. The molecule has 0 radical (unpaired) electrons. The lowest BCUT2D eigenvalue weighted by molar-refractivity contribution is -0.117. The fourth-order valence-corrected chi connectivity index (χ4v) is 3.51. The van der Waals surface area contributed by atoms with Crippen LogP contribution in [0.1, 0.15) is 29.5 Å². The molecular formula is C14H17N3O2S. The molecule has 5 nitrogen and oxygen atoms in total. The van der Waals surface area contributed by atoms with E-state index >= 15 is 0 Å². The number of amides is 1. The second-order valence-corrected chi connectivity index (χ2v) is 5.99. The van der Waals surface area contributed by atoms with Crippen LogP contribution in [-0.2, 0) is 4.79 Å². The number of aromatic nitrogens is 1. The average Bonchev–Trinajstić information content (AvgIpc) is 3.10. The molecule has 20 heavy (non-hydrogen) atoms. The molecule has 1 aliphatic heterocycles. The quantitative estimate of drug-likeness (QED) is 0.941. The van der Waals surface area contributed by atoms with Crippen LogP contribution in [0.15, 0.2) is 28.1 Å². The number of carbonyl (C=O) groups excluding carboxylic acids is 1. The molecule has 1 fully saturated rings. The molecule has 6 heteroatoms. The van der Waals surface area contributed by atoms with Gasteiger partial charge in [-0.2, -0.15) is 0 Å². The van der Waals surface area contributed by atoms with E-state index in [-0.39, 0.29) is 5.91 Å². The predicted molar refractivity (Wildman–Crippen MR) is 77.7 cm³/mol. The second-order valence-electron chi connectivity index (χ2n) is 5.01. The highest BCUT2D eigenvalue weighted by Crippen LogP contribution is 2.34. The van der Waals surface area contributed by atoms with E-state index in [9.17, 15) is 4.79 Å². The maximum Gasteiger partial charge on any atom is 0.239 e. The van der Waals surface area contributed by atoms with Crippen LogP contribution in [0.4, 0.5) is 5.82 Å². The molecule has 0 spiro atoms. The number of rotatable bonds is 4. The number of hydrogen-bond acceptors (Lipinski definition) is 5. The highest BCUT2D eigenvalue weighted by atomic mass is 32.1. The monoisotopic (exact) mass is 291 g/mol. The van der Waals surface area contributed by atoms with Gasteiger partial charge >= 0.3 is 0 Å². The molecule has 3 rings (SSSR count). The Hall–Kier alpha value is -1.66. The van der Waals surface area contributed by atoms with Crippen LogP contribution >= 0.6 is 11.3 Å². The molecule has 106 valence electrons. The highest BCUT2D eigenvalue weighted by molar-refractivity contribution is 7.10. The topological polar surface area (TPSA) is 58.4 Å². The van der Waals surface area contributed by atoms with Crippen molar-refractivity contribution in [1.29, 1.82) is 0 Å². The van der Waals surface area contributed by atoms with E-state index in [4.69, 9.17) is 4.52 Å². The summed E-state index contributed by atoms with van der Waals surface area (Å²) in [5.74, 6) is 1.14. The van der Waals surface area contributed by atoms with Crippen molar-refractivity contribution in [3.63, 3.8) is 0 Å². The van der Waals surface area contributed by atoms with Crippen LogP contribution in [0.25, 0.3) is 0 Å². The molecule has 0 aliphatic carbocycles. The summed E-state index contributed by atoms with van der Waals surface area (Å²) < 4.78 is 4.94. The van der Waals surface area contributed by atoms with Gasteiger partial charge in [0.15, 0.2) is 5.82 Å². The minimum atomic E-state index is -0.0400. The van der Waals surface area contributed by atoms with Gasteiger partial charge < -0.3 is 9.84 Å². The Morgan fingerprint density at radius 3 is 3.25 bits per heavy atom. The zero-order chi connectivity index (χ0) is 13.9. The molecular weight excluding hydrogens is 274 g/mol. The Bertz CT molecular complexity index is 579. The first kappa shape index (κ1) is 13.3. The minimum Gasteiger partial charge on any atom is -0.360 e. The number of likely N-dealkylation sites (tertiary alicyclic amines) is 1. The number of nitrogens with zero attached hydrogens (tertiary/aromatic N) is 2. The van der Waals surface area contributed by atoms with Crippen molar-refractivity contribution in [3.05, 3.63) is 34.2 Å². The van der Waals surface area contributed by atoms with Gasteiger partial charge in [0.05, 0.1) is 6.54 Å². The molecule has 1 aliphatic rings. The summed E-state index contributed by atoms with van der Waals surface area (Å²) >= 11 is 1.76. The fraction of sp³-hybridized carbons (Fsp3) is 0.429. The normalized spacial score (nSPS) is 19.4. The number of nitrogens with one attached hydrogen (secondary N) is 1. The van der Waals surface area contributed by atoms with Gasteiger partial charge in [0.1, 0.15) is 5.76 Å². The van der Waals surface area contributed by atoms with Gasteiger partial charge in [-0.3, -0.25) is 9.69 Å². The van der Waals surface area contributed by atoms with E-state index in [2.05, 4.69) is 32.9 Å². The summed E-state index contributed by atoms with van der Waals surface area (Å²) in [6.07, 6.45) is 2.26. The van der Waals surface area contributed by atoms with Gasteiger partial charge in [-0.15, -0.1) is 11.3 Å². The largest absolute Gasteiger partial charge is 0.360 e. The van der Waals surface area contributed by atoms with Gasteiger partial charge in [-0.1, -0.05) is 11.2 Å². The van der Waals surface area contributed by atoms with Crippen molar-refractivity contribution in [2.24, 2.45) is 0 Å². The summed E-state index contributed by atoms with van der Waals surface area (Å²) in [5, 5.41) is 8.64. The van der Waals surface area contributed by atoms with Crippen LogP contribution in [-0.4, -0.2) is 29.1 Å². The first-order valence-electron chi connectivity index (χ1n) is 6.73. The number of aryl methyl sites for hydroxylation is 1. The van der Waals surface area contributed by atoms with Crippen LogP contribution in [0.2, 0.25) is 0 Å². The lowest BCUT2D eigenvalue weighted by Crippen LogP contribution is -2.32. The van der Waals surface area contributed by atoms with Crippen LogP contribution < -0.4 is 5.32 Å². The van der Waals surface area contributed by atoms with E-state index < -0.39 is 0 Å². The smallest absolute Gasteiger partial charge is 0.239 e. The molecule has 2 aromatic rings. The first-order valence-corrected chi connectivity index (χ1v) is 7.61. The first-order chi connectivity index (χ1) is 9.72. The van der Waals surface area contributed by atoms with Gasteiger partial charge in [-0.05, 0) is 37.8 Å². The van der Waals surface area contributed by atoms with Crippen molar-refractivity contribution in [1.82, 2.24) is 10.1 Å². The Morgan fingerprint density at radius 2 is 2.55 bits per heavy atom. The maximum absolute atomic E-state index is 12.1. The number of thiophene rings is 1. The number of carbonyl (C=O) groups is 1. The van der Waals surface area contributed by atoms with Crippen molar-refractivity contribution < 1.29 is 9.32 Å². The molecule has 0 bridgehead atoms. The Morgan fingerprint density at radius 1 is 1.65 bits per heavy atom. The average molecular weight is 291 g/mol. The van der Waals surface area contributed by atoms with Crippen LogP contribution in [0, 0.1) is 6.92 Å². The van der Waals surface area contributed by atoms with Crippen LogP contribution in [0.5, 0.6) is 0 Å². The Balaban J connectivity index is 1.60. The third-order valence-electron chi connectivity index (χ3n) is 3.48. The van der Waals surface area contributed by atoms with E-state index in [1.54, 1.807) is 24.3 Å². The van der Waals surface area contributed by atoms with Crippen molar-refractivity contribution in [2.45, 2.75) is 25.8 Å². The summed E-state index contributed by atoms with van der Waals surface area (Å²) in [6, 6.07) is 6.31. The molecule has 1 N–H and O–H groups in total. The Kier molecular flexibility index (Phi) is 3.84. The molecule has 1 saturated heterocycles. The summed E-state index contributed by atoms with van der Waals surface area (Å²) in [6.45, 7) is 3.16. The van der Waals surface area contributed by atoms with Gasteiger partial charge in [0.25, 0.3) is 0 Å². The zero-order valence-corrected chi connectivity index (χ0v) is 12.2. The van der Waals surface area contributed by atoms with Crippen molar-refractivity contribution >= 4 is 23.1 Å². The summed E-state index contributed by atoms with van der Waals surface area (Å²) in [5.41, 5.74) is 0. The van der Waals surface area contributed by atoms with Gasteiger partial charge in [-0.25, -0.2) is 0 Å². The van der Waals surface area contributed by atoms with Gasteiger partial charge in [0, 0.05) is 17.0 Å². The third kappa shape index (κ3) is 2.91. The second kappa shape index (κ2) is 5.76.